The Hall–Kier alpha value is -1.15. The summed E-state index contributed by atoms with van der Waals surface area (Å²) in [6.45, 7) is 8.16. The molecule has 2 rings (SSSR count). The minimum absolute atomic E-state index is 0.248. The van der Waals surface area contributed by atoms with E-state index < -0.39 is 0 Å². The molecule has 0 aromatic heterocycles. The molecule has 0 unspecified atom stereocenters. The molecule has 1 saturated heterocycles. The first-order valence-electron chi connectivity index (χ1n) is 7.26. The summed E-state index contributed by atoms with van der Waals surface area (Å²) in [5.41, 5.74) is 2.30. The van der Waals surface area contributed by atoms with Crippen LogP contribution in [0, 0.1) is 0 Å². The van der Waals surface area contributed by atoms with E-state index in [1.807, 2.05) is 0 Å². The molecule has 1 aliphatic heterocycles. The minimum atomic E-state index is -0.248. The molecule has 104 valence electrons. The van der Waals surface area contributed by atoms with Gasteiger partial charge in [-0.1, -0.05) is 38.1 Å². The van der Waals surface area contributed by atoms with Crippen LogP contribution in [0.15, 0.2) is 24.3 Å². The van der Waals surface area contributed by atoms with Gasteiger partial charge in [0.05, 0.1) is 5.41 Å². The SMILES string of the molecule is CC(=O)C1(c2ccc(C(C)C)cc2)CCN(C)CC1. The topological polar surface area (TPSA) is 20.3 Å². The van der Waals surface area contributed by atoms with Crippen molar-refractivity contribution in [3.8, 4) is 0 Å². The van der Waals surface area contributed by atoms with Crippen molar-refractivity contribution in [2.24, 2.45) is 0 Å². The Labute approximate surface area is 116 Å². The summed E-state index contributed by atoms with van der Waals surface area (Å²) in [4.78, 5) is 14.5. The molecule has 1 aromatic carbocycles. The Bertz CT molecular complexity index is 439. The number of nitrogens with zero attached hydrogens (tertiary/aromatic N) is 1. The van der Waals surface area contributed by atoms with Crippen LogP contribution in [-0.2, 0) is 10.2 Å². The molecule has 0 saturated carbocycles. The van der Waals surface area contributed by atoms with E-state index in [0.29, 0.717) is 11.7 Å². The Morgan fingerprint density at radius 1 is 1.16 bits per heavy atom. The molecule has 1 fully saturated rings. The van der Waals surface area contributed by atoms with Crippen molar-refractivity contribution >= 4 is 5.78 Å². The van der Waals surface area contributed by atoms with Crippen molar-refractivity contribution in [1.29, 1.82) is 0 Å². The number of hydrogen-bond acceptors (Lipinski definition) is 2. The van der Waals surface area contributed by atoms with Gasteiger partial charge in [0, 0.05) is 0 Å². The summed E-state index contributed by atoms with van der Waals surface area (Å²) in [5, 5.41) is 0. The highest BCUT2D eigenvalue weighted by molar-refractivity contribution is 5.88. The van der Waals surface area contributed by atoms with E-state index in [-0.39, 0.29) is 5.41 Å². The number of ketones is 1. The van der Waals surface area contributed by atoms with Gasteiger partial charge in [0.2, 0.25) is 0 Å². The molecule has 0 N–H and O–H groups in total. The van der Waals surface area contributed by atoms with E-state index in [1.54, 1.807) is 6.92 Å². The summed E-state index contributed by atoms with van der Waals surface area (Å²) in [6.07, 6.45) is 1.89. The van der Waals surface area contributed by atoms with E-state index in [0.717, 1.165) is 25.9 Å². The first-order chi connectivity index (χ1) is 8.95. The summed E-state index contributed by atoms with van der Waals surface area (Å²) < 4.78 is 0. The lowest BCUT2D eigenvalue weighted by atomic mass is 9.70. The maximum absolute atomic E-state index is 12.2. The third-order valence-electron chi connectivity index (χ3n) is 4.64. The first-order valence-corrected chi connectivity index (χ1v) is 7.26. The molecule has 19 heavy (non-hydrogen) atoms. The number of carbonyl (C=O) groups is 1. The van der Waals surface area contributed by atoms with Crippen LogP contribution in [0.3, 0.4) is 0 Å². The Balaban J connectivity index is 2.32. The van der Waals surface area contributed by atoms with Gasteiger partial charge in [0.1, 0.15) is 5.78 Å². The van der Waals surface area contributed by atoms with Crippen LogP contribution in [0.25, 0.3) is 0 Å². The van der Waals surface area contributed by atoms with Crippen LogP contribution in [0.5, 0.6) is 0 Å². The molecule has 0 bridgehead atoms. The van der Waals surface area contributed by atoms with Gasteiger partial charge in [-0.25, -0.2) is 0 Å². The van der Waals surface area contributed by atoms with E-state index in [1.165, 1.54) is 11.1 Å². The lowest BCUT2D eigenvalue weighted by molar-refractivity contribution is -0.124. The fraction of sp³-hybridized carbons (Fsp3) is 0.588. The smallest absolute Gasteiger partial charge is 0.140 e. The van der Waals surface area contributed by atoms with Gasteiger partial charge in [0.25, 0.3) is 0 Å². The third kappa shape index (κ3) is 2.74. The lowest BCUT2D eigenvalue weighted by Crippen LogP contribution is -2.45. The Kier molecular flexibility index (Phi) is 4.10. The molecule has 0 spiro atoms. The van der Waals surface area contributed by atoms with Gasteiger partial charge < -0.3 is 4.90 Å². The molecule has 0 radical (unpaired) electrons. The first kappa shape index (κ1) is 14.3. The van der Waals surface area contributed by atoms with Crippen LogP contribution in [0.1, 0.15) is 50.7 Å². The van der Waals surface area contributed by atoms with E-state index in [9.17, 15) is 4.79 Å². The van der Waals surface area contributed by atoms with Crippen molar-refractivity contribution in [3.05, 3.63) is 35.4 Å². The number of benzene rings is 1. The Morgan fingerprint density at radius 3 is 2.11 bits per heavy atom. The fourth-order valence-corrected chi connectivity index (χ4v) is 3.03. The van der Waals surface area contributed by atoms with E-state index >= 15 is 0 Å². The zero-order chi connectivity index (χ0) is 14.0. The van der Waals surface area contributed by atoms with Crippen molar-refractivity contribution in [3.63, 3.8) is 0 Å². The minimum Gasteiger partial charge on any atom is -0.306 e. The molecule has 0 atom stereocenters. The van der Waals surface area contributed by atoms with Crippen molar-refractivity contribution < 1.29 is 4.79 Å². The van der Waals surface area contributed by atoms with Crippen LogP contribution in [0.2, 0.25) is 0 Å². The monoisotopic (exact) mass is 259 g/mol. The molecule has 2 heteroatoms. The summed E-state index contributed by atoms with van der Waals surface area (Å²) in [7, 11) is 2.13. The highest BCUT2D eigenvalue weighted by Crippen LogP contribution is 2.36. The summed E-state index contributed by atoms with van der Waals surface area (Å²) in [6, 6.07) is 8.70. The van der Waals surface area contributed by atoms with E-state index in [2.05, 4.69) is 50.1 Å². The number of hydrogen-bond donors (Lipinski definition) is 0. The fourth-order valence-electron chi connectivity index (χ4n) is 3.03. The van der Waals surface area contributed by atoms with Gasteiger partial charge in [0.15, 0.2) is 0 Å². The van der Waals surface area contributed by atoms with Gasteiger partial charge in [-0.15, -0.1) is 0 Å². The number of Topliss-reactive ketones (excluding diaryl/α,β-unsaturated/α-hetero) is 1. The average Bonchev–Trinajstić information content (AvgIpc) is 2.39. The largest absolute Gasteiger partial charge is 0.306 e. The normalized spacial score (nSPS) is 19.6. The highest BCUT2D eigenvalue weighted by atomic mass is 16.1. The average molecular weight is 259 g/mol. The molecular weight excluding hydrogens is 234 g/mol. The van der Waals surface area contributed by atoms with Crippen LogP contribution in [-0.4, -0.2) is 30.8 Å². The zero-order valence-electron chi connectivity index (χ0n) is 12.6. The standard InChI is InChI=1S/C17H25NO/c1-13(2)15-5-7-16(8-6-15)17(14(3)19)9-11-18(4)12-10-17/h5-8,13H,9-12H2,1-4H3. The Morgan fingerprint density at radius 2 is 1.68 bits per heavy atom. The quantitative estimate of drug-likeness (QED) is 0.829. The second-order valence-electron chi connectivity index (χ2n) is 6.22. The predicted octanol–water partition coefficient (Wildman–Crippen LogP) is 3.36. The molecule has 1 heterocycles. The van der Waals surface area contributed by atoms with Crippen molar-refractivity contribution in [2.45, 2.75) is 44.9 Å². The van der Waals surface area contributed by atoms with Gasteiger partial charge in [-0.2, -0.15) is 0 Å². The van der Waals surface area contributed by atoms with Gasteiger partial charge in [-0.3, -0.25) is 4.79 Å². The number of piperidine rings is 1. The van der Waals surface area contributed by atoms with E-state index in [4.69, 9.17) is 0 Å². The van der Waals surface area contributed by atoms with Crippen molar-refractivity contribution in [2.75, 3.05) is 20.1 Å². The van der Waals surface area contributed by atoms with Crippen LogP contribution < -0.4 is 0 Å². The molecule has 2 nitrogen and oxygen atoms in total. The maximum atomic E-state index is 12.2. The predicted molar refractivity (Wildman–Crippen MR) is 79.6 cm³/mol. The highest BCUT2D eigenvalue weighted by Gasteiger charge is 2.39. The second-order valence-corrected chi connectivity index (χ2v) is 6.22. The number of carbonyl (C=O) groups excluding carboxylic acids is 1. The lowest BCUT2D eigenvalue weighted by Gasteiger charge is -2.39. The summed E-state index contributed by atoms with van der Waals surface area (Å²) >= 11 is 0. The molecule has 1 aliphatic rings. The van der Waals surface area contributed by atoms with Gasteiger partial charge >= 0.3 is 0 Å². The number of rotatable bonds is 3. The van der Waals surface area contributed by atoms with Crippen LogP contribution in [0.4, 0.5) is 0 Å². The molecule has 0 amide bonds. The molecule has 1 aromatic rings. The molecular formula is C17H25NO. The molecule has 0 aliphatic carbocycles. The third-order valence-corrected chi connectivity index (χ3v) is 4.64. The zero-order valence-corrected chi connectivity index (χ0v) is 12.6. The van der Waals surface area contributed by atoms with Gasteiger partial charge in [-0.05, 0) is 56.9 Å². The second kappa shape index (κ2) is 5.46. The van der Waals surface area contributed by atoms with Crippen LogP contribution >= 0.6 is 0 Å². The summed E-state index contributed by atoms with van der Waals surface area (Å²) in [5.74, 6) is 0.859. The maximum Gasteiger partial charge on any atom is 0.140 e. The number of likely N-dealkylation sites (tertiary alicyclic amines) is 1. The van der Waals surface area contributed by atoms with Crippen molar-refractivity contribution in [1.82, 2.24) is 4.90 Å².